The molecule has 0 fully saturated rings. The van der Waals surface area contributed by atoms with Gasteiger partial charge < -0.3 is 0 Å². The second kappa shape index (κ2) is 5.83. The molecule has 1 rings (SSSR count). The summed E-state index contributed by atoms with van der Waals surface area (Å²) in [6, 6.07) is 8.96. The van der Waals surface area contributed by atoms with Crippen LogP contribution in [-0.2, 0) is 6.54 Å². The Morgan fingerprint density at radius 2 is 1.86 bits per heavy atom. The Hall–Kier alpha value is 0.0631. The van der Waals surface area contributed by atoms with Gasteiger partial charge in [-0.25, -0.2) is 0 Å². The summed E-state index contributed by atoms with van der Waals surface area (Å²) in [5.41, 5.74) is 1.56. The van der Waals surface area contributed by atoms with Crippen molar-refractivity contribution in [3.05, 3.63) is 29.8 Å². The van der Waals surface area contributed by atoms with Crippen LogP contribution in [0.1, 0.15) is 12.5 Å². The van der Waals surface area contributed by atoms with E-state index in [1.165, 1.54) is 0 Å². The van der Waals surface area contributed by atoms with E-state index in [1.807, 2.05) is 0 Å². The standard InChI is InChI=1S/C10H14N.2CH3.Bi/c1-3-11(2)9-10-7-5-4-6-8-10;;;/h4-7H,3,9H2,1-2H3;2*1H3;. The molecule has 0 amide bonds. The van der Waals surface area contributed by atoms with Crippen LogP contribution in [0.2, 0.25) is 9.26 Å². The average molecular weight is 387 g/mol. The van der Waals surface area contributed by atoms with Crippen molar-refractivity contribution in [2.75, 3.05) is 13.6 Å². The fourth-order valence-corrected chi connectivity index (χ4v) is 5.77. The molecule has 1 nitrogen and oxygen atoms in total. The summed E-state index contributed by atoms with van der Waals surface area (Å²) in [5, 5.41) is 0. The van der Waals surface area contributed by atoms with Gasteiger partial charge in [-0.15, -0.1) is 0 Å². The Bertz CT molecular complexity index is 283. The van der Waals surface area contributed by atoms with Crippen molar-refractivity contribution in [2.45, 2.75) is 22.7 Å². The molecule has 0 spiro atoms. The van der Waals surface area contributed by atoms with E-state index in [0.717, 1.165) is 13.1 Å². The maximum absolute atomic E-state index is 2.46. The Morgan fingerprint density at radius 1 is 1.21 bits per heavy atom. The predicted molar refractivity (Wildman–Crippen MR) is 65.6 cm³/mol. The van der Waals surface area contributed by atoms with Gasteiger partial charge in [0.1, 0.15) is 0 Å². The summed E-state index contributed by atoms with van der Waals surface area (Å²) >= 11 is -1.27. The Morgan fingerprint density at radius 3 is 2.43 bits per heavy atom. The monoisotopic (exact) mass is 387 g/mol. The molecule has 1 aromatic carbocycles. The molecule has 1 aromatic rings. The van der Waals surface area contributed by atoms with Gasteiger partial charge in [0.25, 0.3) is 0 Å². The van der Waals surface area contributed by atoms with Gasteiger partial charge in [0.2, 0.25) is 0 Å². The van der Waals surface area contributed by atoms with E-state index in [4.69, 9.17) is 0 Å². The quantitative estimate of drug-likeness (QED) is 0.716. The molecular weight excluding hydrogens is 367 g/mol. The molecule has 0 aliphatic rings. The third-order valence-corrected chi connectivity index (χ3v) is 7.90. The van der Waals surface area contributed by atoms with Crippen LogP contribution in [0.25, 0.3) is 0 Å². The average Bonchev–Trinajstić information content (AvgIpc) is 2.18. The number of rotatable bonds is 4. The van der Waals surface area contributed by atoms with Crippen LogP contribution in [-0.4, -0.2) is 40.2 Å². The second-order valence-electron chi connectivity index (χ2n) is 3.85. The van der Waals surface area contributed by atoms with Crippen LogP contribution in [0.4, 0.5) is 0 Å². The molecule has 0 unspecified atom stereocenters. The molecule has 0 aliphatic carbocycles. The topological polar surface area (TPSA) is 3.24 Å². The van der Waals surface area contributed by atoms with Crippen LogP contribution in [0, 0.1) is 0 Å². The molecule has 78 valence electrons. The van der Waals surface area contributed by atoms with E-state index in [1.54, 1.807) is 8.83 Å². The van der Waals surface area contributed by atoms with Gasteiger partial charge in [-0.3, -0.25) is 0 Å². The van der Waals surface area contributed by atoms with Gasteiger partial charge in [-0.05, 0) is 0 Å². The van der Waals surface area contributed by atoms with E-state index in [-0.39, 0.29) is 0 Å². The first-order chi connectivity index (χ1) is 6.65. The van der Waals surface area contributed by atoms with Crippen LogP contribution >= 0.6 is 0 Å². The first kappa shape index (κ1) is 12.1. The maximum atomic E-state index is 2.46. The molecular formula is C12H20BiN. The van der Waals surface area contributed by atoms with Gasteiger partial charge in [0.05, 0.1) is 0 Å². The summed E-state index contributed by atoms with van der Waals surface area (Å²) in [7, 11) is 2.19. The molecule has 0 heterocycles. The van der Waals surface area contributed by atoms with Crippen molar-refractivity contribution >= 4 is 25.0 Å². The molecule has 0 saturated carbocycles. The van der Waals surface area contributed by atoms with Crippen molar-refractivity contribution in [3.8, 4) is 0 Å². The molecule has 0 bridgehead atoms. The predicted octanol–water partition coefficient (Wildman–Crippen LogP) is 2.10. The van der Waals surface area contributed by atoms with E-state index >= 15 is 0 Å². The molecule has 0 N–H and O–H groups in total. The van der Waals surface area contributed by atoms with Crippen LogP contribution in [0.15, 0.2) is 24.3 Å². The molecule has 0 saturated heterocycles. The van der Waals surface area contributed by atoms with Gasteiger partial charge >= 0.3 is 96.1 Å². The second-order valence-corrected chi connectivity index (χ2v) is 12.7. The van der Waals surface area contributed by atoms with Crippen molar-refractivity contribution in [1.29, 1.82) is 0 Å². The van der Waals surface area contributed by atoms with Crippen LogP contribution < -0.4 is 3.27 Å². The molecule has 0 aromatic heterocycles. The minimum absolute atomic E-state index is 1.11. The third kappa shape index (κ3) is 3.33. The number of benzene rings is 1. The van der Waals surface area contributed by atoms with Gasteiger partial charge in [0, 0.05) is 0 Å². The normalized spacial score (nSPS) is 11.3. The van der Waals surface area contributed by atoms with Gasteiger partial charge in [-0.1, -0.05) is 0 Å². The van der Waals surface area contributed by atoms with Crippen molar-refractivity contribution in [3.63, 3.8) is 0 Å². The molecule has 0 atom stereocenters. The minimum atomic E-state index is -1.27. The SMILES string of the molecule is CCN(C)Cc1cccc[c]1[Bi]([CH3])[CH3]. The zero-order valence-electron chi connectivity index (χ0n) is 9.62. The van der Waals surface area contributed by atoms with Crippen molar-refractivity contribution < 1.29 is 0 Å². The number of hydrogen-bond acceptors (Lipinski definition) is 1. The van der Waals surface area contributed by atoms with Crippen molar-refractivity contribution in [1.82, 2.24) is 4.90 Å². The zero-order valence-corrected chi connectivity index (χ0v) is 13.1. The molecule has 0 aliphatic heterocycles. The Labute approximate surface area is 95.8 Å². The van der Waals surface area contributed by atoms with E-state index in [0.29, 0.717) is 0 Å². The van der Waals surface area contributed by atoms with Gasteiger partial charge in [-0.2, -0.15) is 0 Å². The van der Waals surface area contributed by atoms with Crippen molar-refractivity contribution in [2.24, 2.45) is 0 Å². The number of hydrogen-bond donors (Lipinski definition) is 0. The summed E-state index contributed by atoms with van der Waals surface area (Å²) in [6.07, 6.45) is 0. The Balaban J connectivity index is 2.84. The van der Waals surface area contributed by atoms with Gasteiger partial charge in [0.15, 0.2) is 0 Å². The third-order valence-electron chi connectivity index (χ3n) is 2.45. The van der Waals surface area contributed by atoms with Crippen LogP contribution in [0.5, 0.6) is 0 Å². The molecule has 0 radical (unpaired) electrons. The van der Waals surface area contributed by atoms with E-state index in [2.05, 4.69) is 52.4 Å². The first-order valence-corrected chi connectivity index (χ1v) is 13.8. The van der Waals surface area contributed by atoms with E-state index in [9.17, 15) is 0 Å². The Kier molecular flexibility index (Phi) is 5.05. The summed E-state index contributed by atoms with van der Waals surface area (Å²) < 4.78 is 6.60. The summed E-state index contributed by atoms with van der Waals surface area (Å²) in [5.74, 6) is 0. The first-order valence-electron chi connectivity index (χ1n) is 5.09. The zero-order chi connectivity index (χ0) is 10.6. The summed E-state index contributed by atoms with van der Waals surface area (Å²) in [6.45, 7) is 4.45. The van der Waals surface area contributed by atoms with Crippen LogP contribution in [0.3, 0.4) is 0 Å². The number of nitrogens with zero attached hydrogens (tertiary/aromatic N) is 1. The molecule has 14 heavy (non-hydrogen) atoms. The molecule has 2 heteroatoms. The fourth-order valence-electron chi connectivity index (χ4n) is 1.48. The summed E-state index contributed by atoms with van der Waals surface area (Å²) in [4.78, 5) is 2.37. The van der Waals surface area contributed by atoms with E-state index < -0.39 is 21.8 Å². The fraction of sp³-hybridized carbons (Fsp3) is 0.500.